The summed E-state index contributed by atoms with van der Waals surface area (Å²) in [5.74, 6) is -2.00. The van der Waals surface area contributed by atoms with Gasteiger partial charge in [0.25, 0.3) is 11.8 Å². The number of unbranched alkanes of at least 4 members (excludes halogenated alkanes) is 2. The van der Waals surface area contributed by atoms with E-state index in [1.54, 1.807) is 62.6 Å². The van der Waals surface area contributed by atoms with Gasteiger partial charge in [0.05, 0.1) is 65.8 Å². The van der Waals surface area contributed by atoms with E-state index in [-0.39, 0.29) is 82.6 Å². The third-order valence-electron chi connectivity index (χ3n) is 12.3. The molecule has 4 amide bonds. The van der Waals surface area contributed by atoms with E-state index in [1.165, 1.54) is 39.5 Å². The van der Waals surface area contributed by atoms with E-state index in [9.17, 15) is 42.0 Å². The van der Waals surface area contributed by atoms with Crippen LogP contribution in [0.4, 0.5) is 0 Å². The monoisotopic (exact) mass is 1020 g/mol. The quantitative estimate of drug-likeness (QED) is 0.0326. The van der Waals surface area contributed by atoms with Crippen molar-refractivity contribution in [2.45, 2.75) is 81.4 Å². The van der Waals surface area contributed by atoms with Crippen molar-refractivity contribution in [2.24, 2.45) is 14.1 Å². The zero-order valence-electron chi connectivity index (χ0n) is 41.2. The molecule has 388 valence electrons. The normalized spacial score (nSPS) is 14.7. The summed E-state index contributed by atoms with van der Waals surface area (Å²) in [6.45, 7) is 4.47. The maximum Gasteiger partial charge on any atom is 0.328 e. The molecule has 0 radical (unpaired) electrons. The molecule has 0 spiro atoms. The molecule has 0 saturated carbocycles. The van der Waals surface area contributed by atoms with Gasteiger partial charge in [-0.05, 0) is 81.0 Å². The number of carbonyl (C=O) groups is 6. The van der Waals surface area contributed by atoms with Gasteiger partial charge in [-0.15, -0.1) is 0 Å². The molecule has 20 heteroatoms. The molecule has 7 rings (SSSR count). The number of ketones is 2. The Hall–Kier alpha value is -7.00. The van der Waals surface area contributed by atoms with Crippen LogP contribution in [0.1, 0.15) is 101 Å². The number of hydrogen-bond donors (Lipinski definition) is 1. The average Bonchev–Trinajstić information content (AvgIpc) is 3.75. The maximum atomic E-state index is 14.0. The zero-order valence-corrected chi connectivity index (χ0v) is 42.0. The Morgan fingerprint density at radius 2 is 1.34 bits per heavy atom. The zero-order chi connectivity index (χ0) is 52.1. The number of aromatic nitrogens is 2. The fourth-order valence-corrected chi connectivity index (χ4v) is 9.83. The summed E-state index contributed by atoms with van der Waals surface area (Å²) in [6, 6.07) is 19.7. The van der Waals surface area contributed by atoms with Gasteiger partial charge in [-0.3, -0.25) is 48.1 Å². The van der Waals surface area contributed by atoms with Crippen LogP contribution in [0, 0.1) is 0 Å². The van der Waals surface area contributed by atoms with Gasteiger partial charge in [0.1, 0.15) is 35.6 Å². The highest BCUT2D eigenvalue weighted by molar-refractivity contribution is 7.90. The topological polar surface area (TPSA) is 234 Å². The summed E-state index contributed by atoms with van der Waals surface area (Å²) in [4.78, 5) is 89.6. The third-order valence-corrected chi connectivity index (χ3v) is 14.0. The molecule has 1 atom stereocenters. The molecule has 1 fully saturated rings. The molecule has 4 aromatic carbocycles. The maximum absolute atomic E-state index is 14.0. The van der Waals surface area contributed by atoms with Gasteiger partial charge in [-0.2, -0.15) is 0 Å². The van der Waals surface area contributed by atoms with Crippen LogP contribution in [0.15, 0.2) is 88.6 Å². The van der Waals surface area contributed by atoms with Crippen LogP contribution in [0.5, 0.6) is 23.0 Å². The molecule has 1 saturated heterocycles. The minimum Gasteiger partial charge on any atom is -0.493 e. The average molecular weight is 1030 g/mol. The molecule has 1 unspecified atom stereocenters. The van der Waals surface area contributed by atoms with E-state index >= 15 is 0 Å². The summed E-state index contributed by atoms with van der Waals surface area (Å²) in [5.41, 5.74) is 1.52. The first-order valence-electron chi connectivity index (χ1n) is 24.3. The third kappa shape index (κ3) is 13.5. The first-order valence-corrected chi connectivity index (χ1v) is 26.0. The molecule has 1 aromatic heterocycles. The van der Waals surface area contributed by atoms with Gasteiger partial charge >= 0.3 is 5.69 Å². The number of imide groups is 2. The van der Waals surface area contributed by atoms with Crippen LogP contribution in [-0.2, 0) is 58.3 Å². The van der Waals surface area contributed by atoms with Crippen LogP contribution in [0.2, 0.25) is 0 Å². The number of hydrogen-bond acceptors (Lipinski definition) is 15. The molecule has 2 aliphatic rings. The fourth-order valence-electron chi connectivity index (χ4n) is 8.44. The second-order valence-electron chi connectivity index (χ2n) is 17.7. The number of nitrogens with zero attached hydrogens (tertiary/aromatic N) is 3. The lowest BCUT2D eigenvalue weighted by Gasteiger charge is -2.27. The summed E-state index contributed by atoms with van der Waals surface area (Å²) in [6.07, 6.45) is 3.60. The molecule has 1 N–H and O–H groups in total. The number of carbonyl (C=O) groups excluding carboxylic acids is 6. The minimum atomic E-state index is -3.99. The number of amides is 4. The van der Waals surface area contributed by atoms with Crippen LogP contribution in [-0.4, -0.2) is 117 Å². The number of fused-ring (bicyclic) bond motifs is 2. The van der Waals surface area contributed by atoms with Crippen molar-refractivity contribution in [2.75, 3.05) is 52.9 Å². The Morgan fingerprint density at radius 3 is 2.05 bits per heavy atom. The van der Waals surface area contributed by atoms with Crippen molar-refractivity contribution in [1.82, 2.24) is 19.4 Å². The Balaban J connectivity index is 0.755. The van der Waals surface area contributed by atoms with E-state index in [0.29, 0.717) is 100 Å². The van der Waals surface area contributed by atoms with E-state index in [0.717, 1.165) is 11.3 Å². The van der Waals surface area contributed by atoms with Crippen LogP contribution < -0.4 is 25.2 Å². The van der Waals surface area contributed by atoms with E-state index < -0.39 is 45.3 Å². The molecule has 0 aliphatic carbocycles. The number of sulfone groups is 1. The molecular weight excluding hydrogens is 965 g/mol. The van der Waals surface area contributed by atoms with Crippen molar-refractivity contribution in [1.29, 1.82) is 0 Å². The number of nitrogens with one attached hydrogen (secondary N) is 1. The predicted octanol–water partition coefficient (Wildman–Crippen LogP) is 6.05. The lowest BCUT2D eigenvalue weighted by molar-refractivity contribution is -0.136. The highest BCUT2D eigenvalue weighted by Gasteiger charge is 2.46. The van der Waals surface area contributed by atoms with E-state index in [4.69, 9.17) is 28.4 Å². The molecule has 3 heterocycles. The summed E-state index contributed by atoms with van der Waals surface area (Å²) >= 11 is 0. The van der Waals surface area contributed by atoms with Crippen molar-refractivity contribution in [3.63, 3.8) is 0 Å². The van der Waals surface area contributed by atoms with Gasteiger partial charge < -0.3 is 28.4 Å². The van der Waals surface area contributed by atoms with Crippen molar-refractivity contribution < 1.29 is 65.6 Å². The highest BCUT2D eigenvalue weighted by Crippen LogP contribution is 2.35. The molecule has 19 nitrogen and oxygen atoms in total. The second kappa shape index (κ2) is 25.1. The standard InChI is InChI=1S/C53H60N4O15S/c1-4-22-70-38-14-10-15-39(31-38)72-47-32-44-43(55(2)53(64)56(44)3)30-36(47)34-73(65,66)40-16-9-12-35(29-40)45(59)18-6-8-24-68-26-28-69-27-25-67-23-7-5-13-37(58)33-71-46-19-11-17-41-49(46)52(63)57(51(41)62)42-20-21-48(60)54-50(42)61/h9-12,14-17,19,29-32,42H,4-8,13,18,20-28,33-34H2,1-3H3,(H,54,60,61). The molecule has 2 aliphatic heterocycles. The summed E-state index contributed by atoms with van der Waals surface area (Å²) < 4.78 is 65.4. The predicted molar refractivity (Wildman–Crippen MR) is 266 cm³/mol. The van der Waals surface area contributed by atoms with Crippen LogP contribution in [0.25, 0.3) is 11.0 Å². The smallest absolute Gasteiger partial charge is 0.328 e. The van der Waals surface area contributed by atoms with Crippen LogP contribution in [0.3, 0.4) is 0 Å². The number of rotatable bonds is 29. The molecular formula is C53H60N4O15S. The second-order valence-corrected chi connectivity index (χ2v) is 19.7. The minimum absolute atomic E-state index is 0.00384. The van der Waals surface area contributed by atoms with E-state index in [2.05, 4.69) is 5.32 Å². The Bertz CT molecular complexity index is 3030. The SMILES string of the molecule is CCCOc1cccc(Oc2cc3c(cc2CS(=O)(=O)c2cccc(C(=O)CCCCOCCOCCOCCCCC(=O)COc4cccc5c4C(=O)N(C4CCC(=O)NC4=O)C5=O)c2)n(C)c(=O)n3C)c1. The van der Waals surface area contributed by atoms with Gasteiger partial charge in [0.15, 0.2) is 21.4 Å². The first-order chi connectivity index (χ1) is 35.2. The van der Waals surface area contributed by atoms with Crippen molar-refractivity contribution in [3.05, 3.63) is 112 Å². The molecule has 0 bridgehead atoms. The number of aryl methyl sites for hydroxylation is 2. The lowest BCUT2D eigenvalue weighted by atomic mass is 10.0. The Kier molecular flexibility index (Phi) is 18.5. The van der Waals surface area contributed by atoms with Crippen LogP contribution >= 0.6 is 0 Å². The van der Waals surface area contributed by atoms with Gasteiger partial charge in [-0.25, -0.2) is 13.2 Å². The summed E-state index contributed by atoms with van der Waals surface area (Å²) in [5, 5.41) is 2.16. The number of benzene rings is 4. The lowest BCUT2D eigenvalue weighted by Crippen LogP contribution is -2.54. The van der Waals surface area contributed by atoms with Gasteiger partial charge in [0.2, 0.25) is 11.8 Å². The largest absolute Gasteiger partial charge is 0.493 e. The van der Waals surface area contributed by atoms with Gasteiger partial charge in [-0.1, -0.05) is 31.2 Å². The number of piperidine rings is 1. The highest BCUT2D eigenvalue weighted by atomic mass is 32.2. The fraction of sp³-hybridized carbons (Fsp3) is 0.415. The number of ether oxygens (including phenoxy) is 6. The van der Waals surface area contributed by atoms with Crippen molar-refractivity contribution in [3.8, 4) is 23.0 Å². The Morgan fingerprint density at radius 1 is 0.685 bits per heavy atom. The number of Topliss-reactive ketones (excluding diaryl/α,β-unsaturated/α-hetero) is 2. The van der Waals surface area contributed by atoms with Gasteiger partial charge in [0, 0.05) is 69.8 Å². The van der Waals surface area contributed by atoms with E-state index in [1.807, 2.05) is 6.92 Å². The first kappa shape index (κ1) is 53.8. The summed E-state index contributed by atoms with van der Waals surface area (Å²) in [7, 11) is -0.736. The molecule has 5 aromatic rings. The Labute approximate surface area is 422 Å². The molecule has 73 heavy (non-hydrogen) atoms. The van der Waals surface area contributed by atoms with Crippen molar-refractivity contribution >= 4 is 56.1 Å². The number of imidazole rings is 1.